The van der Waals surface area contributed by atoms with Crippen LogP contribution in [0.4, 0.5) is 0 Å². The lowest BCUT2D eigenvalue weighted by Crippen LogP contribution is -2.48. The van der Waals surface area contributed by atoms with Crippen LogP contribution in [0.5, 0.6) is 11.5 Å². The highest BCUT2D eigenvalue weighted by molar-refractivity contribution is 6.35. The van der Waals surface area contributed by atoms with Crippen LogP contribution in [0, 0.1) is 0 Å². The number of hydrogen-bond acceptors (Lipinski definition) is 4. The second-order valence-corrected chi connectivity index (χ2v) is 8.85. The molecule has 0 heterocycles. The maximum Gasteiger partial charge on any atom is 0.242 e. The summed E-state index contributed by atoms with van der Waals surface area (Å²) in [5.41, 5.74) is 2.42. The third-order valence-electron chi connectivity index (χ3n) is 5.63. The molecule has 0 saturated heterocycles. The first-order chi connectivity index (χ1) is 16.8. The van der Waals surface area contributed by atoms with Gasteiger partial charge in [0.2, 0.25) is 11.8 Å². The number of nitrogens with zero attached hydrogens (tertiary/aromatic N) is 1. The molecule has 6 nitrogen and oxygen atoms in total. The van der Waals surface area contributed by atoms with E-state index in [0.29, 0.717) is 28.1 Å². The molecular weight excluding hydrogens is 487 g/mol. The minimum atomic E-state index is -0.714. The zero-order valence-electron chi connectivity index (χ0n) is 19.9. The van der Waals surface area contributed by atoms with Crippen molar-refractivity contribution < 1.29 is 19.1 Å². The summed E-state index contributed by atoms with van der Waals surface area (Å²) in [6.45, 7) is 2.24. The third-order valence-corrected chi connectivity index (χ3v) is 6.22. The van der Waals surface area contributed by atoms with E-state index in [9.17, 15) is 9.59 Å². The number of halogens is 2. The van der Waals surface area contributed by atoms with E-state index in [1.807, 2.05) is 36.4 Å². The number of carbonyl (C=O) groups is 2. The van der Waals surface area contributed by atoms with E-state index in [1.165, 1.54) is 0 Å². The normalized spacial score (nSPS) is 11.5. The molecule has 8 heteroatoms. The summed E-state index contributed by atoms with van der Waals surface area (Å²) in [6.07, 6.45) is 0.105. The molecule has 1 unspecified atom stereocenters. The Morgan fingerprint density at radius 3 is 2.29 bits per heavy atom. The number of rotatable bonds is 10. The van der Waals surface area contributed by atoms with Gasteiger partial charge < -0.3 is 19.7 Å². The van der Waals surface area contributed by atoms with Gasteiger partial charge in [-0.05, 0) is 47.9 Å². The Morgan fingerprint density at radius 1 is 0.914 bits per heavy atom. The average Bonchev–Trinajstić information content (AvgIpc) is 2.86. The van der Waals surface area contributed by atoms with Crippen molar-refractivity contribution in [2.75, 3.05) is 14.2 Å². The quantitative estimate of drug-likeness (QED) is 0.399. The van der Waals surface area contributed by atoms with Gasteiger partial charge in [-0.3, -0.25) is 9.59 Å². The molecular formula is C27H28Cl2N2O4. The Labute approximate surface area is 215 Å². The van der Waals surface area contributed by atoms with E-state index in [0.717, 1.165) is 16.7 Å². The summed E-state index contributed by atoms with van der Waals surface area (Å²) in [4.78, 5) is 28.1. The van der Waals surface area contributed by atoms with Crippen molar-refractivity contribution in [3.8, 4) is 11.5 Å². The van der Waals surface area contributed by atoms with Crippen LogP contribution in [0.15, 0.2) is 66.7 Å². The average molecular weight is 515 g/mol. The molecule has 0 aliphatic carbocycles. The molecule has 35 heavy (non-hydrogen) atoms. The van der Waals surface area contributed by atoms with Crippen LogP contribution < -0.4 is 14.8 Å². The number of methoxy groups -OCH3 is 2. The lowest BCUT2D eigenvalue weighted by Gasteiger charge is -2.29. The molecule has 2 amide bonds. The largest absolute Gasteiger partial charge is 0.493 e. The van der Waals surface area contributed by atoms with Crippen molar-refractivity contribution in [1.82, 2.24) is 10.2 Å². The Bertz CT molecular complexity index is 1170. The van der Waals surface area contributed by atoms with Gasteiger partial charge >= 0.3 is 0 Å². The van der Waals surface area contributed by atoms with Crippen molar-refractivity contribution >= 4 is 35.0 Å². The molecule has 0 spiro atoms. The molecule has 3 aromatic carbocycles. The van der Waals surface area contributed by atoms with E-state index in [4.69, 9.17) is 32.7 Å². The molecule has 1 N–H and O–H groups in total. The molecule has 1 atom stereocenters. The first-order valence-corrected chi connectivity index (χ1v) is 11.8. The summed E-state index contributed by atoms with van der Waals surface area (Å²) in [5.74, 6) is 0.650. The minimum absolute atomic E-state index is 0.105. The zero-order chi connectivity index (χ0) is 25.4. The highest BCUT2D eigenvalue weighted by Crippen LogP contribution is 2.28. The predicted molar refractivity (Wildman–Crippen MR) is 138 cm³/mol. The van der Waals surface area contributed by atoms with Crippen LogP contribution in [0.3, 0.4) is 0 Å². The van der Waals surface area contributed by atoms with Gasteiger partial charge in [0.25, 0.3) is 0 Å². The number of amides is 2. The molecule has 0 fully saturated rings. The number of carbonyl (C=O) groups excluding carboxylic acids is 2. The lowest BCUT2D eigenvalue weighted by molar-refractivity contribution is -0.140. The molecule has 0 aliphatic heterocycles. The van der Waals surface area contributed by atoms with Crippen LogP contribution in [0.2, 0.25) is 10.0 Å². The van der Waals surface area contributed by atoms with Gasteiger partial charge in [0.15, 0.2) is 11.5 Å². The topological polar surface area (TPSA) is 67.9 Å². The van der Waals surface area contributed by atoms with Crippen LogP contribution in [-0.4, -0.2) is 37.0 Å². The second-order valence-electron chi connectivity index (χ2n) is 8.00. The van der Waals surface area contributed by atoms with E-state index in [1.54, 1.807) is 56.4 Å². The van der Waals surface area contributed by atoms with Gasteiger partial charge in [0.1, 0.15) is 6.04 Å². The predicted octanol–water partition coefficient (Wildman–Crippen LogP) is 5.29. The van der Waals surface area contributed by atoms with Gasteiger partial charge in [-0.15, -0.1) is 0 Å². The highest BCUT2D eigenvalue weighted by Gasteiger charge is 2.26. The highest BCUT2D eigenvalue weighted by atomic mass is 35.5. The first-order valence-electron chi connectivity index (χ1n) is 11.1. The van der Waals surface area contributed by atoms with Gasteiger partial charge in [0, 0.05) is 23.1 Å². The van der Waals surface area contributed by atoms with E-state index in [2.05, 4.69) is 5.32 Å². The lowest BCUT2D eigenvalue weighted by atomic mass is 10.1. The Balaban J connectivity index is 1.77. The fourth-order valence-corrected chi connectivity index (χ4v) is 4.10. The summed E-state index contributed by atoms with van der Waals surface area (Å²) >= 11 is 12.2. The van der Waals surface area contributed by atoms with Gasteiger partial charge in [-0.1, -0.05) is 65.7 Å². The summed E-state index contributed by atoms with van der Waals surface area (Å²) in [6, 6.07) is 19.3. The maximum atomic E-state index is 13.4. The Kier molecular flexibility index (Phi) is 9.40. The summed E-state index contributed by atoms with van der Waals surface area (Å²) in [7, 11) is 3.10. The monoisotopic (exact) mass is 514 g/mol. The van der Waals surface area contributed by atoms with Crippen LogP contribution in [-0.2, 0) is 29.1 Å². The molecule has 0 bridgehead atoms. The molecule has 0 radical (unpaired) electrons. The van der Waals surface area contributed by atoms with E-state index >= 15 is 0 Å². The second kappa shape index (κ2) is 12.5. The summed E-state index contributed by atoms with van der Waals surface area (Å²) in [5, 5.41) is 3.87. The smallest absolute Gasteiger partial charge is 0.242 e. The van der Waals surface area contributed by atoms with Crippen LogP contribution in [0.1, 0.15) is 23.6 Å². The zero-order valence-corrected chi connectivity index (χ0v) is 21.4. The Hall–Kier alpha value is -3.22. The number of ether oxygens (including phenoxy) is 2. The fourth-order valence-electron chi connectivity index (χ4n) is 3.62. The fraction of sp³-hybridized carbons (Fsp3) is 0.259. The van der Waals surface area contributed by atoms with Crippen LogP contribution in [0.25, 0.3) is 0 Å². The third kappa shape index (κ3) is 7.13. The number of hydrogen-bond donors (Lipinski definition) is 1. The van der Waals surface area contributed by atoms with Crippen molar-refractivity contribution in [1.29, 1.82) is 0 Å². The van der Waals surface area contributed by atoms with Crippen LogP contribution >= 0.6 is 23.2 Å². The molecule has 3 rings (SSSR count). The van der Waals surface area contributed by atoms with Gasteiger partial charge in [-0.25, -0.2) is 0 Å². The van der Waals surface area contributed by atoms with Crippen molar-refractivity contribution in [2.45, 2.75) is 32.5 Å². The Morgan fingerprint density at radius 2 is 1.63 bits per heavy atom. The summed E-state index contributed by atoms with van der Waals surface area (Å²) < 4.78 is 10.6. The molecule has 0 aliphatic rings. The number of nitrogens with one attached hydrogen (secondary N) is 1. The van der Waals surface area contributed by atoms with E-state index in [-0.39, 0.29) is 24.8 Å². The standard InChI is InChI=1S/C27H28Cl2N2O4/c1-18(27(33)30-16-21-10-11-22(28)15-23(21)29)31(17-19-7-5-4-6-8-19)26(32)14-20-9-12-24(34-2)25(13-20)35-3/h4-13,15,18H,14,16-17H2,1-3H3,(H,30,33). The maximum absolute atomic E-state index is 13.4. The number of benzene rings is 3. The molecule has 0 aromatic heterocycles. The minimum Gasteiger partial charge on any atom is -0.493 e. The van der Waals surface area contributed by atoms with Gasteiger partial charge in [-0.2, -0.15) is 0 Å². The van der Waals surface area contributed by atoms with Gasteiger partial charge in [0.05, 0.1) is 20.6 Å². The molecule has 0 saturated carbocycles. The SMILES string of the molecule is COc1ccc(CC(=O)N(Cc2ccccc2)C(C)C(=O)NCc2ccc(Cl)cc2Cl)cc1OC. The van der Waals surface area contributed by atoms with Crippen molar-refractivity contribution in [2.24, 2.45) is 0 Å². The van der Waals surface area contributed by atoms with Crippen molar-refractivity contribution in [3.05, 3.63) is 93.5 Å². The molecule has 3 aromatic rings. The molecule has 184 valence electrons. The van der Waals surface area contributed by atoms with E-state index < -0.39 is 6.04 Å². The van der Waals surface area contributed by atoms with Crippen molar-refractivity contribution in [3.63, 3.8) is 0 Å². The first kappa shape index (κ1) is 26.4.